The molecule has 0 fully saturated rings. The van der Waals surface area contributed by atoms with E-state index in [1.165, 1.54) is 0 Å². The van der Waals surface area contributed by atoms with Crippen LogP contribution in [0.4, 0.5) is 0 Å². The first kappa shape index (κ1) is 18.2. The summed E-state index contributed by atoms with van der Waals surface area (Å²) in [5.41, 5.74) is 0. The zero-order valence-corrected chi connectivity index (χ0v) is 11.1. The van der Waals surface area contributed by atoms with Gasteiger partial charge in [-0.25, -0.2) is 0 Å². The molecule has 0 spiro atoms. The molecule has 7 N–H and O–H groups in total. The van der Waals surface area contributed by atoms with Gasteiger partial charge in [0.15, 0.2) is 5.40 Å². The lowest BCUT2D eigenvalue weighted by molar-refractivity contribution is -0.145. The van der Waals surface area contributed by atoms with E-state index in [2.05, 4.69) is 0 Å². The average molecular weight is 321 g/mol. The lowest BCUT2D eigenvalue weighted by Gasteiger charge is -2.21. The van der Waals surface area contributed by atoms with E-state index in [0.717, 1.165) is 0 Å². The Morgan fingerprint density at radius 1 is 1.00 bits per heavy atom. The third-order valence-corrected chi connectivity index (χ3v) is 5.72. The molecule has 0 amide bonds. The number of nitrogens with one attached hydrogen (secondary N) is 1. The summed E-state index contributed by atoms with van der Waals surface area (Å²) in [5.74, 6) is -3.12. The zero-order chi connectivity index (χ0) is 15.4. The maximum Gasteiger partial charge on any atom is 0.342 e. The van der Waals surface area contributed by atoms with E-state index in [1.54, 1.807) is 0 Å². The SMILES string of the molecule is O=C(O)CC(NCC(P(=O)(O)O)P(=O)(O)O)C(=O)O. The molecule has 0 aromatic carbocycles. The Bertz CT molecular complexity index is 415. The van der Waals surface area contributed by atoms with Crippen molar-refractivity contribution in [2.24, 2.45) is 0 Å². The van der Waals surface area contributed by atoms with Crippen molar-refractivity contribution in [2.45, 2.75) is 17.9 Å². The predicted molar refractivity (Wildman–Crippen MR) is 59.6 cm³/mol. The second kappa shape index (κ2) is 6.58. The summed E-state index contributed by atoms with van der Waals surface area (Å²) < 4.78 is 21.8. The second-order valence-electron chi connectivity index (χ2n) is 3.56. The quantitative estimate of drug-likeness (QED) is 0.248. The van der Waals surface area contributed by atoms with Gasteiger partial charge in [-0.15, -0.1) is 0 Å². The monoisotopic (exact) mass is 321 g/mol. The van der Waals surface area contributed by atoms with E-state index in [4.69, 9.17) is 29.8 Å². The fraction of sp³-hybridized carbons (Fsp3) is 0.667. The van der Waals surface area contributed by atoms with Crippen LogP contribution in [0.3, 0.4) is 0 Å². The maximum absolute atomic E-state index is 10.9. The summed E-state index contributed by atoms with van der Waals surface area (Å²) >= 11 is 0. The molecule has 0 aliphatic heterocycles. The Labute approximate surface area is 106 Å². The van der Waals surface area contributed by atoms with E-state index < -0.39 is 51.5 Å². The highest BCUT2D eigenvalue weighted by atomic mass is 31.2. The molecule has 0 rings (SSSR count). The number of hydrogen-bond donors (Lipinski definition) is 7. The van der Waals surface area contributed by atoms with Gasteiger partial charge in [0.25, 0.3) is 0 Å². The second-order valence-corrected chi connectivity index (χ2v) is 7.57. The van der Waals surface area contributed by atoms with Crippen molar-refractivity contribution < 1.29 is 48.5 Å². The first-order chi connectivity index (χ1) is 8.35. The molecule has 11 nitrogen and oxygen atoms in total. The minimum absolute atomic E-state index is 0.912. The van der Waals surface area contributed by atoms with Gasteiger partial charge in [-0.3, -0.25) is 18.7 Å². The van der Waals surface area contributed by atoms with Crippen molar-refractivity contribution in [3.8, 4) is 0 Å². The maximum atomic E-state index is 10.9. The molecule has 0 aliphatic carbocycles. The fourth-order valence-corrected chi connectivity index (χ4v) is 3.36. The highest BCUT2D eigenvalue weighted by Crippen LogP contribution is 2.59. The minimum atomic E-state index is -5.18. The van der Waals surface area contributed by atoms with E-state index in [0.29, 0.717) is 0 Å². The van der Waals surface area contributed by atoms with Crippen molar-refractivity contribution in [1.29, 1.82) is 0 Å². The van der Waals surface area contributed by atoms with Gasteiger partial charge >= 0.3 is 27.1 Å². The summed E-state index contributed by atoms with van der Waals surface area (Å²) in [6, 6.07) is -1.72. The third kappa shape index (κ3) is 6.79. The molecule has 0 aliphatic rings. The van der Waals surface area contributed by atoms with Gasteiger partial charge in [-0.1, -0.05) is 0 Å². The topological polar surface area (TPSA) is 202 Å². The molecule has 13 heteroatoms. The number of hydrogen-bond acceptors (Lipinski definition) is 5. The largest absolute Gasteiger partial charge is 0.481 e. The Morgan fingerprint density at radius 2 is 1.42 bits per heavy atom. The van der Waals surface area contributed by atoms with Crippen molar-refractivity contribution in [2.75, 3.05) is 6.54 Å². The van der Waals surface area contributed by atoms with Crippen molar-refractivity contribution in [1.82, 2.24) is 5.32 Å². The van der Waals surface area contributed by atoms with Gasteiger partial charge < -0.3 is 35.1 Å². The van der Waals surface area contributed by atoms with Crippen molar-refractivity contribution >= 4 is 27.1 Å². The van der Waals surface area contributed by atoms with E-state index in [9.17, 15) is 18.7 Å². The smallest absolute Gasteiger partial charge is 0.342 e. The van der Waals surface area contributed by atoms with E-state index in [-0.39, 0.29) is 0 Å². The van der Waals surface area contributed by atoms with Gasteiger partial charge in [0, 0.05) is 6.54 Å². The minimum Gasteiger partial charge on any atom is -0.481 e. The van der Waals surface area contributed by atoms with Gasteiger partial charge in [-0.05, 0) is 0 Å². The number of aliphatic carboxylic acids is 2. The first-order valence-corrected chi connectivity index (χ1v) is 8.00. The molecule has 0 radical (unpaired) electrons. The molecular weight excluding hydrogens is 308 g/mol. The van der Waals surface area contributed by atoms with Crippen LogP contribution in [-0.4, -0.2) is 59.7 Å². The Morgan fingerprint density at radius 3 is 1.68 bits per heavy atom. The predicted octanol–water partition coefficient (Wildman–Crippen LogP) is -1.81. The van der Waals surface area contributed by atoms with Gasteiger partial charge in [-0.2, -0.15) is 0 Å². The molecule has 0 aromatic rings. The summed E-state index contributed by atoms with van der Waals surface area (Å²) in [4.78, 5) is 56.0. The summed E-state index contributed by atoms with van der Waals surface area (Å²) in [5, 5.41) is 16.5. The van der Waals surface area contributed by atoms with E-state index >= 15 is 0 Å². The summed E-state index contributed by atoms with van der Waals surface area (Å²) in [6.45, 7) is -1.04. The van der Waals surface area contributed by atoms with Crippen LogP contribution >= 0.6 is 15.2 Å². The molecule has 0 saturated heterocycles. The molecule has 0 bridgehead atoms. The summed E-state index contributed by atoms with van der Waals surface area (Å²) in [6.07, 6.45) is -0.912. The number of carboxylic acid groups (broad SMARTS) is 2. The van der Waals surface area contributed by atoms with Crippen LogP contribution in [0.2, 0.25) is 0 Å². The number of rotatable bonds is 8. The number of carboxylic acids is 2. The highest BCUT2D eigenvalue weighted by Gasteiger charge is 2.43. The van der Waals surface area contributed by atoms with Crippen LogP contribution in [0.1, 0.15) is 6.42 Å². The third-order valence-electron chi connectivity index (χ3n) is 2.00. The normalized spacial score (nSPS) is 14.4. The fourth-order valence-electron chi connectivity index (χ4n) is 1.10. The average Bonchev–Trinajstić information content (AvgIpc) is 2.10. The molecule has 1 atom stereocenters. The zero-order valence-electron chi connectivity index (χ0n) is 9.28. The molecule has 0 aromatic heterocycles. The first-order valence-electron chi connectivity index (χ1n) is 4.64. The molecule has 1 unspecified atom stereocenters. The summed E-state index contributed by atoms with van der Waals surface area (Å²) in [7, 11) is -10.4. The van der Waals surface area contributed by atoms with Gasteiger partial charge in [0.05, 0.1) is 6.42 Å². The van der Waals surface area contributed by atoms with Gasteiger partial charge in [0.2, 0.25) is 0 Å². The van der Waals surface area contributed by atoms with Crippen LogP contribution in [-0.2, 0) is 18.7 Å². The lowest BCUT2D eigenvalue weighted by atomic mass is 10.2. The molecule has 0 heterocycles. The van der Waals surface area contributed by atoms with E-state index in [1.807, 2.05) is 5.32 Å². The molecular formula is C6H13NO10P2. The molecule has 112 valence electrons. The lowest BCUT2D eigenvalue weighted by Crippen LogP contribution is -2.42. The highest BCUT2D eigenvalue weighted by molar-refractivity contribution is 7.70. The van der Waals surface area contributed by atoms with Crippen LogP contribution in [0.15, 0.2) is 0 Å². The standard InChI is InChI=1S/C6H13NO10P2/c8-4(9)1-3(6(10)11)7-2-5(18(12,13)14)19(15,16)17/h3,5,7H,1-2H2,(H,8,9)(H,10,11)(H2,12,13,14)(H2,15,16,17). The van der Waals surface area contributed by atoms with Crippen LogP contribution in [0, 0.1) is 0 Å². The van der Waals surface area contributed by atoms with Crippen LogP contribution < -0.4 is 5.32 Å². The van der Waals surface area contributed by atoms with Crippen molar-refractivity contribution in [3.05, 3.63) is 0 Å². The van der Waals surface area contributed by atoms with Gasteiger partial charge in [0.1, 0.15) is 6.04 Å². The molecule has 0 saturated carbocycles. The van der Waals surface area contributed by atoms with Crippen LogP contribution in [0.25, 0.3) is 0 Å². The van der Waals surface area contributed by atoms with Crippen molar-refractivity contribution in [3.63, 3.8) is 0 Å². The molecule has 19 heavy (non-hydrogen) atoms. The Kier molecular flexibility index (Phi) is 6.30. The Hall–Kier alpha value is -0.800. The number of carbonyl (C=O) groups is 2. The Balaban J connectivity index is 4.89. The van der Waals surface area contributed by atoms with Crippen LogP contribution in [0.5, 0.6) is 0 Å².